The van der Waals surface area contributed by atoms with Crippen LogP contribution in [0.4, 0.5) is 0 Å². The second kappa shape index (κ2) is 6.80. The molecule has 1 saturated heterocycles. The van der Waals surface area contributed by atoms with Crippen LogP contribution >= 0.6 is 0 Å². The van der Waals surface area contributed by atoms with Crippen LogP contribution in [0.2, 0.25) is 0 Å². The minimum Gasteiger partial charge on any atom is -0.329 e. The molecule has 26 heavy (non-hydrogen) atoms. The van der Waals surface area contributed by atoms with Crippen LogP contribution in [0, 0.1) is 6.92 Å². The van der Waals surface area contributed by atoms with Crippen LogP contribution in [0.15, 0.2) is 30.9 Å². The first kappa shape index (κ1) is 17.2. The number of aryl methyl sites for hydroxylation is 3. The summed E-state index contributed by atoms with van der Waals surface area (Å²) in [6.07, 6.45) is 12.0. The number of rotatable bonds is 3. The molecule has 1 atom stereocenters. The minimum atomic E-state index is 0. The van der Waals surface area contributed by atoms with Gasteiger partial charge in [0.1, 0.15) is 5.65 Å². The van der Waals surface area contributed by atoms with E-state index in [9.17, 15) is 0 Å². The lowest BCUT2D eigenvalue weighted by molar-refractivity contribution is 0.242. The summed E-state index contributed by atoms with van der Waals surface area (Å²) in [5.74, 6) is 0. The van der Waals surface area contributed by atoms with E-state index in [2.05, 4.69) is 32.4 Å². The van der Waals surface area contributed by atoms with Crippen molar-refractivity contribution in [1.29, 1.82) is 0 Å². The first-order valence-electron chi connectivity index (χ1n) is 9.28. The topological polar surface area (TPSA) is 46.8 Å². The fraction of sp³-hybridized carbons (Fsp3) is 0.476. The van der Waals surface area contributed by atoms with Crippen molar-refractivity contribution in [3.8, 4) is 0 Å². The van der Waals surface area contributed by atoms with Crippen molar-refractivity contribution in [1.82, 2.24) is 24.4 Å². The number of hydrogen-bond donors (Lipinski definition) is 0. The molecule has 0 radical (unpaired) electrons. The molecule has 0 aromatic carbocycles. The van der Waals surface area contributed by atoms with Gasteiger partial charge in [-0.2, -0.15) is 0 Å². The van der Waals surface area contributed by atoms with E-state index in [1.54, 1.807) is 18.0 Å². The molecule has 3 aromatic rings. The van der Waals surface area contributed by atoms with Crippen molar-refractivity contribution in [2.75, 3.05) is 13.1 Å². The van der Waals surface area contributed by atoms with Crippen molar-refractivity contribution >= 4 is 11.0 Å². The maximum Gasteiger partial charge on any atom is 0.140 e. The fourth-order valence-electron chi connectivity index (χ4n) is 4.64. The Hall–Kier alpha value is -2.27. The largest absolute Gasteiger partial charge is 0.329 e. The number of nitrogens with zero attached hydrogens (tertiary/aromatic N) is 5. The van der Waals surface area contributed by atoms with Crippen molar-refractivity contribution < 1.29 is 0 Å². The molecule has 0 bridgehead atoms. The van der Waals surface area contributed by atoms with E-state index >= 15 is 0 Å². The molecule has 2 aliphatic heterocycles. The minimum absolute atomic E-state index is 0. The Labute approximate surface area is 155 Å². The van der Waals surface area contributed by atoms with Gasteiger partial charge in [-0.05, 0) is 43.5 Å². The van der Waals surface area contributed by atoms with Crippen molar-refractivity contribution in [2.45, 2.75) is 52.6 Å². The molecule has 1 fully saturated rings. The number of fused-ring (bicyclic) bond motifs is 5. The Kier molecular flexibility index (Phi) is 4.49. The third kappa shape index (κ3) is 2.71. The zero-order chi connectivity index (χ0) is 16.8. The van der Waals surface area contributed by atoms with E-state index in [1.807, 2.05) is 12.4 Å². The van der Waals surface area contributed by atoms with Gasteiger partial charge in [0.2, 0.25) is 0 Å². The van der Waals surface area contributed by atoms with Gasteiger partial charge in [-0.1, -0.05) is 7.43 Å². The fourth-order valence-corrected chi connectivity index (χ4v) is 4.64. The van der Waals surface area contributed by atoms with Crippen molar-refractivity contribution in [3.05, 3.63) is 53.4 Å². The molecule has 0 aliphatic carbocycles. The van der Waals surface area contributed by atoms with Crippen LogP contribution in [-0.4, -0.2) is 37.5 Å². The number of aromatic nitrogens is 4. The third-order valence-corrected chi connectivity index (χ3v) is 5.73. The molecule has 0 amide bonds. The van der Waals surface area contributed by atoms with Crippen LogP contribution in [0.25, 0.3) is 11.0 Å². The molecule has 5 nitrogen and oxygen atoms in total. The zero-order valence-electron chi connectivity index (χ0n) is 14.6. The molecule has 2 aliphatic rings. The first-order valence-corrected chi connectivity index (χ1v) is 9.28. The van der Waals surface area contributed by atoms with Gasteiger partial charge in [0, 0.05) is 67.8 Å². The predicted octanol–water partition coefficient (Wildman–Crippen LogP) is 3.71. The summed E-state index contributed by atoms with van der Waals surface area (Å²) in [7, 11) is 0. The van der Waals surface area contributed by atoms with Crippen LogP contribution in [-0.2, 0) is 19.4 Å². The summed E-state index contributed by atoms with van der Waals surface area (Å²) < 4.78 is 2.45. The van der Waals surface area contributed by atoms with E-state index in [-0.39, 0.29) is 7.43 Å². The molecule has 136 valence electrons. The van der Waals surface area contributed by atoms with E-state index in [1.165, 1.54) is 42.6 Å². The van der Waals surface area contributed by atoms with E-state index in [0.29, 0.717) is 6.04 Å². The molecule has 1 unspecified atom stereocenters. The molecule has 5 heteroatoms. The van der Waals surface area contributed by atoms with E-state index in [4.69, 9.17) is 4.98 Å². The standard InChI is InChI=1S/C20H23N5.CH4/c1-14-11-16-19-17-3-2-8-24(17)9-5-18(19)25(20(16)23-12-14)10-4-15-13-21-6-7-22-15;/h6-7,11-13,17H,2-5,8-10H2,1H3;1H4. The lowest BCUT2D eigenvalue weighted by Crippen LogP contribution is -2.31. The zero-order valence-corrected chi connectivity index (χ0v) is 14.6. The van der Waals surface area contributed by atoms with Gasteiger partial charge in [0.25, 0.3) is 0 Å². The monoisotopic (exact) mass is 349 g/mol. The maximum absolute atomic E-state index is 4.82. The Morgan fingerprint density at radius 1 is 1.15 bits per heavy atom. The average molecular weight is 349 g/mol. The maximum atomic E-state index is 4.82. The van der Waals surface area contributed by atoms with Crippen molar-refractivity contribution in [3.63, 3.8) is 0 Å². The van der Waals surface area contributed by atoms with Crippen LogP contribution in [0.1, 0.15) is 48.8 Å². The highest BCUT2D eigenvalue weighted by molar-refractivity contribution is 5.84. The van der Waals surface area contributed by atoms with Gasteiger partial charge in [0.15, 0.2) is 0 Å². The Balaban J connectivity index is 0.00000168. The van der Waals surface area contributed by atoms with Crippen LogP contribution in [0.3, 0.4) is 0 Å². The highest BCUT2D eigenvalue weighted by atomic mass is 15.2. The average Bonchev–Trinajstić information content (AvgIpc) is 3.22. The summed E-state index contributed by atoms with van der Waals surface area (Å²) in [5, 5.41) is 1.37. The third-order valence-electron chi connectivity index (χ3n) is 5.73. The van der Waals surface area contributed by atoms with E-state index in [0.717, 1.165) is 30.7 Å². The van der Waals surface area contributed by atoms with Gasteiger partial charge in [0.05, 0.1) is 5.69 Å². The van der Waals surface area contributed by atoms with Gasteiger partial charge in [-0.3, -0.25) is 14.9 Å². The van der Waals surface area contributed by atoms with Crippen LogP contribution < -0.4 is 0 Å². The van der Waals surface area contributed by atoms with E-state index < -0.39 is 0 Å². The molecular weight excluding hydrogens is 322 g/mol. The molecule has 5 heterocycles. The molecule has 0 N–H and O–H groups in total. The predicted molar refractivity (Wildman–Crippen MR) is 104 cm³/mol. The molecular formula is C21H27N5. The molecule has 3 aromatic heterocycles. The highest BCUT2D eigenvalue weighted by Gasteiger charge is 2.35. The second-order valence-corrected chi connectivity index (χ2v) is 7.29. The lowest BCUT2D eigenvalue weighted by atomic mass is 9.96. The van der Waals surface area contributed by atoms with Gasteiger partial charge >= 0.3 is 0 Å². The Morgan fingerprint density at radius 3 is 2.92 bits per heavy atom. The lowest BCUT2D eigenvalue weighted by Gasteiger charge is -2.30. The van der Waals surface area contributed by atoms with Gasteiger partial charge < -0.3 is 4.57 Å². The quantitative estimate of drug-likeness (QED) is 0.723. The SMILES string of the molecule is C.Cc1cnc2c(c1)c1c(n2CCc2cnccn2)CCN2CCCC12. The summed E-state index contributed by atoms with van der Waals surface area (Å²) in [6.45, 7) is 5.49. The first-order chi connectivity index (χ1) is 12.3. The number of pyridine rings is 1. The van der Waals surface area contributed by atoms with Gasteiger partial charge in [-0.15, -0.1) is 0 Å². The van der Waals surface area contributed by atoms with Crippen LogP contribution in [0.5, 0.6) is 0 Å². The van der Waals surface area contributed by atoms with Gasteiger partial charge in [-0.25, -0.2) is 4.98 Å². The molecule has 0 spiro atoms. The highest BCUT2D eigenvalue weighted by Crippen LogP contribution is 2.42. The second-order valence-electron chi connectivity index (χ2n) is 7.29. The summed E-state index contributed by atoms with van der Waals surface area (Å²) >= 11 is 0. The normalized spacial score (nSPS) is 19.2. The summed E-state index contributed by atoms with van der Waals surface area (Å²) in [4.78, 5) is 16.1. The smallest absolute Gasteiger partial charge is 0.140 e. The number of hydrogen-bond acceptors (Lipinski definition) is 4. The molecule has 5 rings (SSSR count). The summed E-state index contributed by atoms with van der Waals surface area (Å²) in [6, 6.07) is 2.93. The summed E-state index contributed by atoms with van der Waals surface area (Å²) in [5.41, 5.74) is 6.49. The van der Waals surface area contributed by atoms with Crippen molar-refractivity contribution in [2.24, 2.45) is 0 Å². The Morgan fingerprint density at radius 2 is 2.08 bits per heavy atom. The molecule has 0 saturated carbocycles. The Bertz CT molecular complexity index is 915.